The van der Waals surface area contributed by atoms with Crippen molar-refractivity contribution in [2.45, 2.75) is 6.42 Å². The van der Waals surface area contributed by atoms with Crippen LogP contribution in [-0.4, -0.2) is 33.3 Å². The molecule has 1 N–H and O–H groups in total. The van der Waals surface area contributed by atoms with Gasteiger partial charge < -0.3 is 19.5 Å². The number of nitrogens with one attached hydrogen (secondary N) is 1. The van der Waals surface area contributed by atoms with Crippen molar-refractivity contribution in [1.82, 2.24) is 0 Å². The molecule has 0 aliphatic rings. The minimum Gasteiger partial charge on any atom is -0.497 e. The van der Waals surface area contributed by atoms with Gasteiger partial charge in [0, 0.05) is 12.2 Å². The molecule has 0 radical (unpaired) electrons. The summed E-state index contributed by atoms with van der Waals surface area (Å²) in [6.07, 6.45) is 0.866. The van der Waals surface area contributed by atoms with Gasteiger partial charge in [-0.3, -0.25) is 0 Å². The number of hydrogen-bond donors (Lipinski definition) is 1. The highest BCUT2D eigenvalue weighted by molar-refractivity contribution is 5.89. The number of ether oxygens (including phenoxy) is 3. The summed E-state index contributed by atoms with van der Waals surface area (Å²) in [4.78, 5) is 11.3. The Morgan fingerprint density at radius 2 is 1.61 bits per heavy atom. The largest absolute Gasteiger partial charge is 0.497 e. The van der Waals surface area contributed by atoms with Crippen LogP contribution in [0.5, 0.6) is 11.5 Å². The summed E-state index contributed by atoms with van der Waals surface area (Å²) in [6.45, 7) is 1.41. The molecule has 0 unspecified atom stereocenters. The lowest BCUT2D eigenvalue weighted by molar-refractivity contribution is 0.0600. The lowest BCUT2D eigenvalue weighted by atomic mass is 10.2. The van der Waals surface area contributed by atoms with Crippen molar-refractivity contribution in [2.24, 2.45) is 0 Å². The Balaban J connectivity index is 1.67. The molecule has 0 fully saturated rings. The van der Waals surface area contributed by atoms with E-state index in [0.29, 0.717) is 12.2 Å². The van der Waals surface area contributed by atoms with Gasteiger partial charge in [-0.25, -0.2) is 4.79 Å². The molecule has 0 spiro atoms. The highest BCUT2D eigenvalue weighted by Gasteiger charge is 2.04. The van der Waals surface area contributed by atoms with Gasteiger partial charge in [0.15, 0.2) is 0 Å². The van der Waals surface area contributed by atoms with Gasteiger partial charge >= 0.3 is 5.97 Å². The number of rotatable bonds is 8. The molecule has 0 heterocycles. The molecule has 5 heteroatoms. The lowest BCUT2D eigenvalue weighted by Gasteiger charge is -2.09. The van der Waals surface area contributed by atoms with Crippen LogP contribution in [0.3, 0.4) is 0 Å². The third kappa shape index (κ3) is 5.21. The fourth-order valence-corrected chi connectivity index (χ4v) is 2.01. The third-order valence-electron chi connectivity index (χ3n) is 3.28. The molecule has 23 heavy (non-hydrogen) atoms. The van der Waals surface area contributed by atoms with E-state index in [-0.39, 0.29) is 5.97 Å². The molecular weight excluding hydrogens is 294 g/mol. The molecule has 0 bridgehead atoms. The molecule has 0 atom stereocenters. The van der Waals surface area contributed by atoms with E-state index in [2.05, 4.69) is 10.1 Å². The predicted molar refractivity (Wildman–Crippen MR) is 89.4 cm³/mol. The molecule has 2 aromatic rings. The summed E-state index contributed by atoms with van der Waals surface area (Å²) in [5.41, 5.74) is 1.56. The maximum absolute atomic E-state index is 11.3. The topological polar surface area (TPSA) is 56.8 Å². The van der Waals surface area contributed by atoms with Crippen LogP contribution in [0.1, 0.15) is 16.8 Å². The van der Waals surface area contributed by atoms with Crippen LogP contribution in [-0.2, 0) is 4.74 Å². The molecular formula is C18H21NO4. The molecule has 122 valence electrons. The maximum Gasteiger partial charge on any atom is 0.337 e. The quantitative estimate of drug-likeness (QED) is 0.598. The first kappa shape index (κ1) is 16.7. The van der Waals surface area contributed by atoms with Gasteiger partial charge in [0.05, 0.1) is 26.4 Å². The summed E-state index contributed by atoms with van der Waals surface area (Å²) < 4.78 is 15.4. The predicted octanol–water partition coefficient (Wildman–Crippen LogP) is 3.36. The summed E-state index contributed by atoms with van der Waals surface area (Å²) >= 11 is 0. The van der Waals surface area contributed by atoms with Crippen LogP contribution in [0.15, 0.2) is 48.5 Å². The van der Waals surface area contributed by atoms with Gasteiger partial charge in [0.1, 0.15) is 11.5 Å². The van der Waals surface area contributed by atoms with Crippen molar-refractivity contribution in [3.05, 3.63) is 54.1 Å². The van der Waals surface area contributed by atoms with Crippen molar-refractivity contribution in [1.29, 1.82) is 0 Å². The highest BCUT2D eigenvalue weighted by Crippen LogP contribution is 2.15. The van der Waals surface area contributed by atoms with E-state index in [1.807, 2.05) is 24.3 Å². The number of methoxy groups -OCH3 is 2. The Hall–Kier alpha value is -2.69. The first-order chi connectivity index (χ1) is 11.2. The first-order valence-corrected chi connectivity index (χ1v) is 7.42. The van der Waals surface area contributed by atoms with E-state index in [4.69, 9.17) is 9.47 Å². The van der Waals surface area contributed by atoms with E-state index in [9.17, 15) is 4.79 Å². The molecule has 0 saturated carbocycles. The zero-order chi connectivity index (χ0) is 16.5. The number of benzene rings is 2. The van der Waals surface area contributed by atoms with Crippen LogP contribution in [0.25, 0.3) is 0 Å². The monoisotopic (exact) mass is 315 g/mol. The van der Waals surface area contributed by atoms with Crippen LogP contribution < -0.4 is 14.8 Å². The highest BCUT2D eigenvalue weighted by atomic mass is 16.5. The summed E-state index contributed by atoms with van der Waals surface area (Å²) in [6, 6.07) is 14.7. The van der Waals surface area contributed by atoms with Crippen molar-refractivity contribution < 1.29 is 19.0 Å². The molecule has 2 rings (SSSR count). The van der Waals surface area contributed by atoms with E-state index >= 15 is 0 Å². The molecule has 0 aliphatic carbocycles. The second-order valence-corrected chi connectivity index (χ2v) is 4.87. The zero-order valence-corrected chi connectivity index (χ0v) is 13.4. The summed E-state index contributed by atoms with van der Waals surface area (Å²) in [7, 11) is 3.01. The van der Waals surface area contributed by atoms with Crippen LogP contribution >= 0.6 is 0 Å². The van der Waals surface area contributed by atoms with Gasteiger partial charge in [-0.2, -0.15) is 0 Å². The Kier molecular flexibility index (Phi) is 6.29. The van der Waals surface area contributed by atoms with Crippen molar-refractivity contribution in [3.8, 4) is 11.5 Å². The van der Waals surface area contributed by atoms with Gasteiger partial charge in [-0.15, -0.1) is 0 Å². The average Bonchev–Trinajstić information content (AvgIpc) is 2.62. The minimum absolute atomic E-state index is 0.347. The fraction of sp³-hybridized carbons (Fsp3) is 0.278. The van der Waals surface area contributed by atoms with Crippen LogP contribution in [0, 0.1) is 0 Å². The number of esters is 1. The van der Waals surface area contributed by atoms with E-state index in [1.54, 1.807) is 31.4 Å². The van der Waals surface area contributed by atoms with E-state index in [0.717, 1.165) is 30.2 Å². The van der Waals surface area contributed by atoms with Gasteiger partial charge in [0.2, 0.25) is 0 Å². The maximum atomic E-state index is 11.3. The second-order valence-electron chi connectivity index (χ2n) is 4.87. The summed E-state index contributed by atoms with van der Waals surface area (Å²) in [5, 5.41) is 3.32. The van der Waals surface area contributed by atoms with Gasteiger partial charge in [-0.1, -0.05) is 0 Å². The Bertz CT molecular complexity index is 608. The fourth-order valence-electron chi connectivity index (χ4n) is 2.01. The lowest BCUT2D eigenvalue weighted by Crippen LogP contribution is -2.07. The van der Waals surface area contributed by atoms with E-state index in [1.165, 1.54) is 7.11 Å². The molecule has 0 aromatic heterocycles. The SMILES string of the molecule is COC(=O)c1ccc(OCCCNc2ccc(OC)cc2)cc1. The smallest absolute Gasteiger partial charge is 0.337 e. The normalized spacial score (nSPS) is 10.0. The van der Waals surface area contributed by atoms with Gasteiger partial charge in [-0.05, 0) is 55.0 Å². The summed E-state index contributed by atoms with van der Waals surface area (Å²) in [5.74, 6) is 1.23. The number of carbonyl (C=O) groups excluding carboxylic acids is 1. The molecule has 0 amide bonds. The number of anilines is 1. The number of hydrogen-bond acceptors (Lipinski definition) is 5. The second kappa shape index (κ2) is 8.68. The molecule has 0 aliphatic heterocycles. The van der Waals surface area contributed by atoms with E-state index < -0.39 is 0 Å². The first-order valence-electron chi connectivity index (χ1n) is 7.42. The van der Waals surface area contributed by atoms with Crippen LogP contribution in [0.2, 0.25) is 0 Å². The van der Waals surface area contributed by atoms with Crippen molar-refractivity contribution >= 4 is 11.7 Å². The Labute approximate surface area is 136 Å². The third-order valence-corrected chi connectivity index (χ3v) is 3.28. The van der Waals surface area contributed by atoms with Gasteiger partial charge in [0.25, 0.3) is 0 Å². The molecule has 5 nitrogen and oxygen atoms in total. The Morgan fingerprint density at radius 1 is 0.957 bits per heavy atom. The molecule has 0 saturated heterocycles. The molecule has 2 aromatic carbocycles. The zero-order valence-electron chi connectivity index (χ0n) is 13.4. The Morgan fingerprint density at radius 3 is 2.22 bits per heavy atom. The number of carbonyl (C=O) groups is 1. The minimum atomic E-state index is -0.347. The van der Waals surface area contributed by atoms with Crippen LogP contribution in [0.4, 0.5) is 5.69 Å². The average molecular weight is 315 g/mol. The van der Waals surface area contributed by atoms with Crippen molar-refractivity contribution in [2.75, 3.05) is 32.7 Å². The standard InChI is InChI=1S/C18H21NO4/c1-21-16-10-6-15(7-11-16)19-12-3-13-23-17-8-4-14(5-9-17)18(20)22-2/h4-11,19H,3,12-13H2,1-2H3. The van der Waals surface area contributed by atoms with Crippen molar-refractivity contribution in [3.63, 3.8) is 0 Å².